The van der Waals surface area contributed by atoms with Crippen molar-refractivity contribution in [2.75, 3.05) is 19.9 Å². The van der Waals surface area contributed by atoms with E-state index in [2.05, 4.69) is 10.1 Å². The minimum Gasteiger partial charge on any atom is -0.469 e. The van der Waals surface area contributed by atoms with E-state index in [9.17, 15) is 4.79 Å². The van der Waals surface area contributed by atoms with Crippen molar-refractivity contribution in [1.29, 1.82) is 0 Å². The topological polar surface area (TPSA) is 38.3 Å². The molecule has 0 saturated carbocycles. The number of hydrogen-bond donors (Lipinski definition) is 1. The van der Waals surface area contributed by atoms with Gasteiger partial charge in [-0.25, -0.2) is 0 Å². The Hall–Kier alpha value is -0.710. The summed E-state index contributed by atoms with van der Waals surface area (Å²) in [5.41, 5.74) is 1.08. The first-order valence-corrected chi connectivity index (χ1v) is 6.66. The maximum Gasteiger partial charge on any atom is 0.306 e. The van der Waals surface area contributed by atoms with Crippen molar-refractivity contribution in [2.45, 2.75) is 17.9 Å². The predicted molar refractivity (Wildman–Crippen MR) is 71.6 cm³/mol. The minimum absolute atomic E-state index is 0.185. The van der Waals surface area contributed by atoms with E-state index < -0.39 is 0 Å². The highest BCUT2D eigenvalue weighted by Crippen LogP contribution is 2.25. The molecule has 94 valence electrons. The van der Waals surface area contributed by atoms with Gasteiger partial charge in [-0.05, 0) is 24.7 Å². The number of carbonyl (C=O) groups is 1. The van der Waals surface area contributed by atoms with Crippen molar-refractivity contribution >= 4 is 29.3 Å². The predicted octanol–water partition coefficient (Wildman–Crippen LogP) is 2.71. The molecule has 0 heterocycles. The van der Waals surface area contributed by atoms with Crippen molar-refractivity contribution in [2.24, 2.45) is 0 Å². The summed E-state index contributed by atoms with van der Waals surface area (Å²) in [5, 5.41) is 3.81. The molecule has 5 heteroatoms. The van der Waals surface area contributed by atoms with Gasteiger partial charge in [-0.3, -0.25) is 4.79 Å². The zero-order valence-electron chi connectivity index (χ0n) is 9.96. The van der Waals surface area contributed by atoms with Crippen molar-refractivity contribution < 1.29 is 9.53 Å². The Bertz CT molecular complexity index is 385. The molecule has 1 aromatic carbocycles. The van der Waals surface area contributed by atoms with Crippen LogP contribution in [0, 0.1) is 0 Å². The van der Waals surface area contributed by atoms with Crippen LogP contribution in [0.5, 0.6) is 0 Å². The van der Waals surface area contributed by atoms with Crippen LogP contribution in [0.2, 0.25) is 5.02 Å². The molecule has 0 radical (unpaired) electrons. The van der Waals surface area contributed by atoms with Crippen molar-refractivity contribution in [1.82, 2.24) is 5.32 Å². The molecule has 0 amide bonds. The number of carbonyl (C=O) groups excluding carboxylic acids is 1. The smallest absolute Gasteiger partial charge is 0.306 e. The first-order chi connectivity index (χ1) is 8.17. The SMILES string of the molecule is CNCc1ccc(SCCC(=O)OC)cc1Cl. The summed E-state index contributed by atoms with van der Waals surface area (Å²) in [6.45, 7) is 0.756. The van der Waals surface area contributed by atoms with Gasteiger partial charge < -0.3 is 10.1 Å². The molecule has 1 rings (SSSR count). The number of halogens is 1. The van der Waals surface area contributed by atoms with E-state index in [0.29, 0.717) is 12.2 Å². The fourth-order valence-electron chi connectivity index (χ4n) is 1.31. The summed E-state index contributed by atoms with van der Waals surface area (Å²) in [7, 11) is 3.28. The van der Waals surface area contributed by atoms with Crippen LogP contribution in [0.3, 0.4) is 0 Å². The quantitative estimate of drug-likeness (QED) is 0.639. The molecule has 0 aliphatic heterocycles. The second kappa shape index (κ2) is 7.58. The molecule has 0 atom stereocenters. The average Bonchev–Trinajstić information content (AvgIpc) is 2.32. The number of hydrogen-bond acceptors (Lipinski definition) is 4. The van der Waals surface area contributed by atoms with Gasteiger partial charge in [-0.2, -0.15) is 0 Å². The standard InChI is InChI=1S/C12H16ClNO2S/c1-14-8-9-3-4-10(7-11(9)13)17-6-5-12(15)16-2/h3-4,7,14H,5-6,8H2,1-2H3. The van der Waals surface area contributed by atoms with E-state index in [-0.39, 0.29) is 5.97 Å². The molecular formula is C12H16ClNO2S. The fraction of sp³-hybridized carbons (Fsp3) is 0.417. The monoisotopic (exact) mass is 273 g/mol. The van der Waals surface area contributed by atoms with Gasteiger partial charge in [0.05, 0.1) is 13.5 Å². The first kappa shape index (κ1) is 14.4. The normalized spacial score (nSPS) is 10.3. The molecule has 0 spiro atoms. The van der Waals surface area contributed by atoms with Crippen LogP contribution in [0.15, 0.2) is 23.1 Å². The third-order valence-electron chi connectivity index (χ3n) is 2.19. The van der Waals surface area contributed by atoms with E-state index in [0.717, 1.165) is 22.0 Å². The van der Waals surface area contributed by atoms with E-state index in [1.54, 1.807) is 11.8 Å². The molecular weight excluding hydrogens is 258 g/mol. The van der Waals surface area contributed by atoms with Crippen molar-refractivity contribution in [3.63, 3.8) is 0 Å². The number of methoxy groups -OCH3 is 1. The number of esters is 1. The second-order valence-electron chi connectivity index (χ2n) is 3.46. The summed E-state index contributed by atoms with van der Waals surface area (Å²) in [6, 6.07) is 5.94. The van der Waals surface area contributed by atoms with Gasteiger partial charge >= 0.3 is 5.97 Å². The summed E-state index contributed by atoms with van der Waals surface area (Å²) >= 11 is 7.73. The summed E-state index contributed by atoms with van der Waals surface area (Å²) in [4.78, 5) is 12.0. The fourth-order valence-corrected chi connectivity index (χ4v) is 2.49. The molecule has 17 heavy (non-hydrogen) atoms. The lowest BCUT2D eigenvalue weighted by Gasteiger charge is -2.06. The van der Waals surface area contributed by atoms with Gasteiger partial charge in [0.2, 0.25) is 0 Å². The third-order valence-corrected chi connectivity index (χ3v) is 3.54. The average molecular weight is 274 g/mol. The number of benzene rings is 1. The van der Waals surface area contributed by atoms with Gasteiger partial charge in [0, 0.05) is 22.2 Å². The maximum absolute atomic E-state index is 10.9. The Morgan fingerprint density at radius 1 is 1.53 bits per heavy atom. The van der Waals surface area contributed by atoms with Gasteiger partial charge in [-0.15, -0.1) is 11.8 Å². The highest BCUT2D eigenvalue weighted by Gasteiger charge is 2.04. The van der Waals surface area contributed by atoms with Gasteiger partial charge in [0.25, 0.3) is 0 Å². The maximum atomic E-state index is 10.9. The Morgan fingerprint density at radius 3 is 2.88 bits per heavy atom. The lowest BCUT2D eigenvalue weighted by Crippen LogP contribution is -2.05. The van der Waals surface area contributed by atoms with Gasteiger partial charge in [0.15, 0.2) is 0 Å². The minimum atomic E-state index is -0.185. The molecule has 3 nitrogen and oxygen atoms in total. The van der Waals surface area contributed by atoms with Gasteiger partial charge in [-0.1, -0.05) is 17.7 Å². The molecule has 0 aliphatic rings. The van der Waals surface area contributed by atoms with Crippen LogP contribution in [0.1, 0.15) is 12.0 Å². The lowest BCUT2D eigenvalue weighted by molar-refractivity contribution is -0.140. The van der Waals surface area contributed by atoms with Crippen LogP contribution < -0.4 is 5.32 Å². The van der Waals surface area contributed by atoms with Crippen molar-refractivity contribution in [3.8, 4) is 0 Å². The zero-order valence-corrected chi connectivity index (χ0v) is 11.5. The number of ether oxygens (including phenoxy) is 1. The Morgan fingerprint density at radius 2 is 2.29 bits per heavy atom. The molecule has 0 aromatic heterocycles. The summed E-state index contributed by atoms with van der Waals surface area (Å²) < 4.78 is 4.58. The molecule has 0 unspecified atom stereocenters. The highest BCUT2D eigenvalue weighted by molar-refractivity contribution is 7.99. The van der Waals surface area contributed by atoms with Crippen LogP contribution in [-0.4, -0.2) is 25.9 Å². The second-order valence-corrected chi connectivity index (χ2v) is 5.03. The Balaban J connectivity index is 2.50. The van der Waals surface area contributed by atoms with E-state index in [4.69, 9.17) is 11.6 Å². The number of rotatable bonds is 6. The van der Waals surface area contributed by atoms with Crippen molar-refractivity contribution in [3.05, 3.63) is 28.8 Å². The van der Waals surface area contributed by atoms with E-state index in [1.807, 2.05) is 25.2 Å². The first-order valence-electron chi connectivity index (χ1n) is 5.30. The van der Waals surface area contributed by atoms with E-state index in [1.165, 1.54) is 7.11 Å². The molecule has 0 fully saturated rings. The van der Waals surface area contributed by atoms with Crippen LogP contribution in [0.25, 0.3) is 0 Å². The largest absolute Gasteiger partial charge is 0.469 e. The zero-order chi connectivity index (χ0) is 12.7. The summed E-state index contributed by atoms with van der Waals surface area (Å²) in [5.74, 6) is 0.518. The van der Waals surface area contributed by atoms with Crippen LogP contribution in [-0.2, 0) is 16.1 Å². The third kappa shape index (κ3) is 4.98. The molecule has 0 aliphatic carbocycles. The Labute approximate surface area is 111 Å². The number of thioether (sulfide) groups is 1. The van der Waals surface area contributed by atoms with Crippen LogP contribution in [0.4, 0.5) is 0 Å². The lowest BCUT2D eigenvalue weighted by atomic mass is 10.2. The highest BCUT2D eigenvalue weighted by atomic mass is 35.5. The van der Waals surface area contributed by atoms with Crippen LogP contribution >= 0.6 is 23.4 Å². The molecule has 1 aromatic rings. The molecule has 0 saturated heterocycles. The van der Waals surface area contributed by atoms with E-state index >= 15 is 0 Å². The van der Waals surface area contributed by atoms with Gasteiger partial charge in [0.1, 0.15) is 0 Å². The summed E-state index contributed by atoms with van der Waals surface area (Å²) in [6.07, 6.45) is 0.414. The molecule has 0 bridgehead atoms. The molecule has 1 N–H and O–H groups in total. The number of nitrogens with one attached hydrogen (secondary N) is 1. The Kier molecular flexibility index (Phi) is 6.40.